The molecule has 13 heteroatoms. The molecule has 9 nitrogen and oxygen atoms in total. The lowest BCUT2D eigenvalue weighted by molar-refractivity contribution is -0.114. The van der Waals surface area contributed by atoms with Crippen LogP contribution >= 0.6 is 39.3 Å². The van der Waals surface area contributed by atoms with Crippen molar-refractivity contribution >= 4 is 51.3 Å². The Balaban J connectivity index is 5.74. The molecule has 0 aliphatic rings. The molecule has 0 saturated heterocycles. The van der Waals surface area contributed by atoms with Crippen LogP contribution < -0.4 is 5.84 Å². The second-order valence-corrected chi connectivity index (χ2v) is 9.68. The highest BCUT2D eigenvalue weighted by Gasteiger charge is 2.56. The zero-order chi connectivity index (χ0) is 17.6. The molecule has 0 rings (SSSR count). The van der Waals surface area contributed by atoms with Gasteiger partial charge in [0, 0.05) is 18.4 Å². The average molecular weight is 393 g/mol. The Hall–Kier alpha value is 0.140. The van der Waals surface area contributed by atoms with Gasteiger partial charge in [-0.2, -0.15) is 5.10 Å². The molecule has 0 aromatic rings. The summed E-state index contributed by atoms with van der Waals surface area (Å²) in [5, 5.41) is 0.957. The quantitative estimate of drug-likeness (QED) is 0.165. The molecule has 0 aliphatic heterocycles. The number of nitrogens with two attached hydrogens (primary N) is 1. The summed E-state index contributed by atoms with van der Waals surface area (Å²) in [5.74, 6) is 3.93. The highest BCUT2D eigenvalue weighted by molar-refractivity contribution is 7.98. The molecule has 129 valence electrons. The number of hydrogen-bond donors (Lipinski definition) is 3. The number of rotatable bonds is 10. The number of nitrogens with zero attached hydrogens (tertiary/aromatic N) is 1. The lowest BCUT2D eigenvalue weighted by Gasteiger charge is -2.35. The second-order valence-electron chi connectivity index (χ2n) is 4.29. The summed E-state index contributed by atoms with van der Waals surface area (Å²) < 4.78 is 33.6. The molecule has 1 radical (unpaired) electrons. The normalized spacial score (nSPS) is 20.5. The van der Waals surface area contributed by atoms with Crippen molar-refractivity contribution in [1.82, 2.24) is 0 Å². The molecule has 0 heterocycles. The molecule has 3 atom stereocenters. The monoisotopic (exact) mass is 393 g/mol. The number of carbonyl (C=O) groups is 1. The molecule has 4 N–H and O–H groups in total. The van der Waals surface area contributed by atoms with Crippen LogP contribution in [0.25, 0.3) is 0 Å². The fourth-order valence-corrected chi connectivity index (χ4v) is 6.04. The van der Waals surface area contributed by atoms with Gasteiger partial charge in [-0.15, -0.1) is 0 Å². The molecule has 0 fully saturated rings. The first-order valence-electron chi connectivity index (χ1n) is 5.68. The van der Waals surface area contributed by atoms with Crippen molar-refractivity contribution in [1.29, 1.82) is 0 Å². The Kier molecular flexibility index (Phi) is 8.90. The van der Waals surface area contributed by atoms with Gasteiger partial charge in [-0.3, -0.25) is 13.9 Å². The average Bonchev–Trinajstić information content (AvgIpc) is 2.36. The summed E-state index contributed by atoms with van der Waals surface area (Å²) in [6.45, 7) is 2.42. The van der Waals surface area contributed by atoms with E-state index in [1.54, 1.807) is 0 Å². The van der Waals surface area contributed by atoms with Crippen molar-refractivity contribution in [3.63, 3.8) is 0 Å². The van der Waals surface area contributed by atoms with E-state index in [1.165, 1.54) is 19.4 Å². The maximum Gasteiger partial charge on any atom is 0.353 e. The lowest BCUT2D eigenvalue weighted by atomic mass is 9.92. The van der Waals surface area contributed by atoms with Crippen molar-refractivity contribution in [2.75, 3.05) is 18.7 Å². The van der Waals surface area contributed by atoms with Gasteiger partial charge in [-0.05, 0) is 31.0 Å². The molecule has 0 spiro atoms. The molecule has 0 amide bonds. The highest BCUT2D eigenvalue weighted by atomic mass is 32.2. The molecule has 0 aromatic heterocycles. The summed E-state index contributed by atoms with van der Waals surface area (Å²) >= 11 is 1.27. The summed E-state index contributed by atoms with van der Waals surface area (Å²) in [6.07, 6.45) is 2.90. The first-order valence-corrected chi connectivity index (χ1v) is 11.3. The Morgan fingerprint density at radius 2 is 1.82 bits per heavy atom. The first kappa shape index (κ1) is 22.1. The fraction of sp³-hybridized carbons (Fsp3) is 0.667. The van der Waals surface area contributed by atoms with Crippen LogP contribution in [0.4, 0.5) is 0 Å². The van der Waals surface area contributed by atoms with E-state index >= 15 is 0 Å². The van der Waals surface area contributed by atoms with Gasteiger partial charge in [-0.25, -0.2) is 7.94 Å². The maximum atomic E-state index is 12.4. The summed E-state index contributed by atoms with van der Waals surface area (Å²) in [5.41, 5.74) is 0. The third kappa shape index (κ3) is 5.35. The van der Waals surface area contributed by atoms with E-state index in [-0.39, 0.29) is 5.92 Å². The van der Waals surface area contributed by atoms with Crippen molar-refractivity contribution in [2.45, 2.75) is 19.0 Å². The van der Waals surface area contributed by atoms with Crippen LogP contribution in [-0.2, 0) is 21.9 Å². The van der Waals surface area contributed by atoms with E-state index in [2.05, 4.69) is 9.07 Å². The smallest absolute Gasteiger partial charge is 0.324 e. The van der Waals surface area contributed by atoms with Gasteiger partial charge in [0.2, 0.25) is 0 Å². The van der Waals surface area contributed by atoms with E-state index in [4.69, 9.17) is 9.81 Å². The molecular weight excluding hydrogens is 374 g/mol. The van der Waals surface area contributed by atoms with Crippen LogP contribution in [0.15, 0.2) is 5.10 Å². The van der Waals surface area contributed by atoms with E-state index in [9.17, 15) is 23.7 Å². The molecule has 0 bridgehead atoms. The predicted octanol–water partition coefficient (Wildman–Crippen LogP) is 1.81. The van der Waals surface area contributed by atoms with Gasteiger partial charge in [0.15, 0.2) is 5.78 Å². The van der Waals surface area contributed by atoms with Crippen molar-refractivity contribution in [3.05, 3.63) is 5.92 Å². The second kappa shape index (κ2) is 8.84. The standard InChI is InChI=1S/C9H19N2O7P2S2/c1-7(6-19(13,14)17-21-3)9(2,8(12)5-11-10)20(15,16)18-22-4/h5H,6,10H2,1-4H3,(H,13,14)(H,15,16). The summed E-state index contributed by atoms with van der Waals surface area (Å²) in [4.78, 5) is 31.9. The van der Waals surface area contributed by atoms with Gasteiger partial charge in [-0.1, -0.05) is 6.92 Å². The van der Waals surface area contributed by atoms with E-state index in [1.807, 2.05) is 0 Å². The molecule has 3 unspecified atom stereocenters. The first-order chi connectivity index (χ1) is 9.98. The van der Waals surface area contributed by atoms with E-state index in [0.717, 1.165) is 6.92 Å². The zero-order valence-corrected chi connectivity index (χ0v) is 15.9. The van der Waals surface area contributed by atoms with Crippen LogP contribution in [0.2, 0.25) is 0 Å². The Morgan fingerprint density at radius 1 is 1.32 bits per heavy atom. The summed E-state index contributed by atoms with van der Waals surface area (Å²) in [6, 6.07) is 0. The van der Waals surface area contributed by atoms with Crippen molar-refractivity contribution in [2.24, 2.45) is 10.9 Å². The van der Waals surface area contributed by atoms with E-state index < -0.39 is 32.3 Å². The number of carbonyl (C=O) groups excluding carboxylic acids is 1. The van der Waals surface area contributed by atoms with Crippen LogP contribution in [0.3, 0.4) is 0 Å². The van der Waals surface area contributed by atoms with E-state index in [0.29, 0.717) is 30.3 Å². The topological polar surface area (TPSA) is 149 Å². The minimum Gasteiger partial charge on any atom is -0.324 e. The van der Waals surface area contributed by atoms with Crippen molar-refractivity contribution < 1.29 is 31.7 Å². The minimum absolute atomic E-state index is 0.0582. The molecule has 0 saturated carbocycles. The number of hydrogen-bond acceptors (Lipinski definition) is 9. The van der Waals surface area contributed by atoms with Gasteiger partial charge in [0.25, 0.3) is 0 Å². The molecular formula is C9H19N2O7P2S2. The van der Waals surface area contributed by atoms with Crippen LogP contribution in [0.1, 0.15) is 13.8 Å². The van der Waals surface area contributed by atoms with Gasteiger partial charge in [0.05, 0.1) is 12.4 Å². The van der Waals surface area contributed by atoms with Crippen LogP contribution in [0, 0.1) is 5.92 Å². The van der Waals surface area contributed by atoms with Crippen molar-refractivity contribution in [3.8, 4) is 0 Å². The minimum atomic E-state index is -4.53. The Bertz CT molecular complexity index is 518. The number of ketones is 1. The SMILES string of the molecule is CSOP(=O)(O)C[C](C)C(C)(C(=O)C=NN)P(=O)(O)OSC. The molecule has 0 aliphatic carbocycles. The Morgan fingerprint density at radius 3 is 2.23 bits per heavy atom. The largest absolute Gasteiger partial charge is 0.353 e. The third-order valence-electron chi connectivity index (χ3n) is 2.87. The van der Waals surface area contributed by atoms with Crippen LogP contribution in [0.5, 0.6) is 0 Å². The van der Waals surface area contributed by atoms with Gasteiger partial charge < -0.3 is 15.6 Å². The van der Waals surface area contributed by atoms with Gasteiger partial charge >= 0.3 is 15.2 Å². The number of Topliss-reactive ketones (excluding diaryl/α,β-unsaturated/α-hetero) is 1. The zero-order valence-electron chi connectivity index (χ0n) is 12.5. The van der Waals surface area contributed by atoms with Gasteiger partial charge in [0.1, 0.15) is 5.16 Å². The van der Waals surface area contributed by atoms with Crippen LogP contribution in [-0.4, -0.2) is 45.6 Å². The summed E-state index contributed by atoms with van der Waals surface area (Å²) in [7, 11) is -8.62. The molecule has 0 aromatic carbocycles. The molecule has 22 heavy (non-hydrogen) atoms. The predicted molar refractivity (Wildman–Crippen MR) is 88.7 cm³/mol. The number of hydrazone groups is 1. The fourth-order valence-electron chi connectivity index (χ4n) is 1.56. The lowest BCUT2D eigenvalue weighted by Crippen LogP contribution is -2.43. The maximum absolute atomic E-state index is 12.4. The Labute approximate surface area is 137 Å². The highest BCUT2D eigenvalue weighted by Crippen LogP contribution is 2.63. The third-order valence-corrected chi connectivity index (χ3v) is 8.41.